The number of nitriles is 1. The maximum Gasteiger partial charge on any atom is 0.203 e. The molecule has 0 aliphatic carbocycles. The first kappa shape index (κ1) is 13.7. The maximum absolute atomic E-state index is 8.86. The summed E-state index contributed by atoms with van der Waals surface area (Å²) in [7, 11) is 4.64. The van der Waals surface area contributed by atoms with Gasteiger partial charge >= 0.3 is 0 Å². The molecule has 1 aromatic rings. The Hall–Kier alpha value is -2.35. The molecule has 0 spiro atoms. The fourth-order valence-electron chi connectivity index (χ4n) is 1.59. The molecule has 0 saturated heterocycles. The molecule has 5 nitrogen and oxygen atoms in total. The van der Waals surface area contributed by atoms with Crippen LogP contribution >= 0.6 is 0 Å². The Labute approximate surface area is 106 Å². The highest BCUT2D eigenvalue weighted by molar-refractivity contribution is 5.54. The Morgan fingerprint density at radius 3 is 2.11 bits per heavy atom. The van der Waals surface area contributed by atoms with Gasteiger partial charge in [0, 0.05) is 18.2 Å². The molecule has 96 valence electrons. The van der Waals surface area contributed by atoms with Crippen molar-refractivity contribution in [3.63, 3.8) is 0 Å². The van der Waals surface area contributed by atoms with E-state index >= 15 is 0 Å². The van der Waals surface area contributed by atoms with Crippen LogP contribution < -0.4 is 19.9 Å². The van der Waals surface area contributed by atoms with Crippen LogP contribution in [0.5, 0.6) is 17.2 Å². The first-order valence-electron chi connectivity index (χ1n) is 5.29. The van der Waals surface area contributed by atoms with Crippen LogP contribution in [0.15, 0.2) is 23.9 Å². The minimum Gasteiger partial charge on any atom is -0.493 e. The SMILES string of the molecule is COc1cc(CC(C#N)=CN)cc(OC)c1OC. The van der Waals surface area contributed by atoms with Crippen LogP contribution in [-0.2, 0) is 6.42 Å². The largest absolute Gasteiger partial charge is 0.493 e. The van der Waals surface area contributed by atoms with E-state index in [9.17, 15) is 0 Å². The number of benzene rings is 1. The summed E-state index contributed by atoms with van der Waals surface area (Å²) >= 11 is 0. The van der Waals surface area contributed by atoms with Gasteiger partial charge in [0.25, 0.3) is 0 Å². The molecule has 1 rings (SSSR count). The molecule has 0 aliphatic rings. The van der Waals surface area contributed by atoms with Crippen molar-refractivity contribution in [2.24, 2.45) is 5.73 Å². The minimum absolute atomic E-state index is 0.420. The molecule has 0 atom stereocenters. The molecular formula is C13H16N2O3. The Bertz CT molecular complexity index is 464. The van der Waals surface area contributed by atoms with E-state index in [2.05, 4.69) is 0 Å². The van der Waals surface area contributed by atoms with Gasteiger partial charge in [0.05, 0.1) is 27.4 Å². The van der Waals surface area contributed by atoms with Crippen molar-refractivity contribution in [2.45, 2.75) is 6.42 Å². The average Bonchev–Trinajstić information content (AvgIpc) is 2.43. The molecule has 0 saturated carbocycles. The molecule has 0 heterocycles. The van der Waals surface area contributed by atoms with E-state index in [1.807, 2.05) is 6.07 Å². The smallest absolute Gasteiger partial charge is 0.203 e. The lowest BCUT2D eigenvalue weighted by Gasteiger charge is -2.13. The molecule has 0 amide bonds. The third kappa shape index (κ3) is 2.86. The van der Waals surface area contributed by atoms with Crippen molar-refractivity contribution in [1.82, 2.24) is 0 Å². The van der Waals surface area contributed by atoms with Crippen LogP contribution in [0.4, 0.5) is 0 Å². The summed E-state index contributed by atoms with van der Waals surface area (Å²) in [5.41, 5.74) is 6.70. The fraction of sp³-hybridized carbons (Fsp3) is 0.308. The number of methoxy groups -OCH3 is 3. The maximum atomic E-state index is 8.86. The zero-order chi connectivity index (χ0) is 13.5. The van der Waals surface area contributed by atoms with E-state index in [1.165, 1.54) is 6.20 Å². The standard InChI is InChI=1S/C13H16N2O3/c1-16-11-5-9(4-10(7-14)8-15)6-12(17-2)13(11)18-3/h5-7H,4,14H2,1-3H3. The van der Waals surface area contributed by atoms with Crippen molar-refractivity contribution >= 4 is 0 Å². The van der Waals surface area contributed by atoms with Crippen LogP contribution in [-0.4, -0.2) is 21.3 Å². The quantitative estimate of drug-likeness (QED) is 0.801. The molecule has 0 fully saturated rings. The van der Waals surface area contributed by atoms with E-state index in [4.69, 9.17) is 25.2 Å². The number of nitrogens with zero attached hydrogens (tertiary/aromatic N) is 1. The highest BCUT2D eigenvalue weighted by atomic mass is 16.5. The zero-order valence-corrected chi connectivity index (χ0v) is 10.7. The number of hydrogen-bond donors (Lipinski definition) is 1. The zero-order valence-electron chi connectivity index (χ0n) is 10.7. The first-order chi connectivity index (χ1) is 8.69. The number of rotatable bonds is 5. The molecule has 0 aliphatic heterocycles. The molecule has 2 N–H and O–H groups in total. The summed E-state index contributed by atoms with van der Waals surface area (Å²) in [6.45, 7) is 0. The molecule has 18 heavy (non-hydrogen) atoms. The molecule has 0 radical (unpaired) electrons. The topological polar surface area (TPSA) is 77.5 Å². The Morgan fingerprint density at radius 1 is 1.22 bits per heavy atom. The summed E-state index contributed by atoms with van der Waals surface area (Å²) in [6, 6.07) is 5.61. The van der Waals surface area contributed by atoms with Crippen LogP contribution in [0.25, 0.3) is 0 Å². The number of hydrogen-bond acceptors (Lipinski definition) is 5. The van der Waals surface area contributed by atoms with Gasteiger partial charge in [-0.25, -0.2) is 0 Å². The van der Waals surface area contributed by atoms with Gasteiger partial charge in [-0.3, -0.25) is 0 Å². The predicted molar refractivity (Wildman–Crippen MR) is 67.7 cm³/mol. The van der Waals surface area contributed by atoms with Crippen LogP contribution in [0.3, 0.4) is 0 Å². The van der Waals surface area contributed by atoms with Crippen LogP contribution in [0, 0.1) is 11.3 Å². The average molecular weight is 248 g/mol. The van der Waals surface area contributed by atoms with Crippen molar-refractivity contribution in [3.05, 3.63) is 29.5 Å². The second kappa shape index (κ2) is 6.40. The van der Waals surface area contributed by atoms with Gasteiger partial charge in [-0.15, -0.1) is 0 Å². The van der Waals surface area contributed by atoms with E-state index in [-0.39, 0.29) is 0 Å². The van der Waals surface area contributed by atoms with E-state index in [1.54, 1.807) is 33.5 Å². The number of ether oxygens (including phenoxy) is 3. The van der Waals surface area contributed by atoms with Gasteiger partial charge in [-0.05, 0) is 17.7 Å². The lowest BCUT2D eigenvalue weighted by atomic mass is 10.1. The van der Waals surface area contributed by atoms with E-state index in [0.29, 0.717) is 29.2 Å². The summed E-state index contributed by atoms with van der Waals surface area (Å²) in [5.74, 6) is 1.64. The molecular weight excluding hydrogens is 232 g/mol. The molecule has 0 unspecified atom stereocenters. The monoisotopic (exact) mass is 248 g/mol. The predicted octanol–water partition coefficient (Wildman–Crippen LogP) is 1.62. The van der Waals surface area contributed by atoms with Gasteiger partial charge in [0.2, 0.25) is 5.75 Å². The van der Waals surface area contributed by atoms with Gasteiger partial charge in [0.1, 0.15) is 0 Å². The molecule has 1 aromatic carbocycles. The lowest BCUT2D eigenvalue weighted by Crippen LogP contribution is -1.98. The Balaban J connectivity index is 3.20. The van der Waals surface area contributed by atoms with Crippen molar-refractivity contribution in [3.8, 4) is 23.3 Å². The van der Waals surface area contributed by atoms with E-state index in [0.717, 1.165) is 5.56 Å². The number of nitrogens with two attached hydrogens (primary N) is 1. The Morgan fingerprint density at radius 2 is 1.78 bits per heavy atom. The molecule has 0 aromatic heterocycles. The second-order valence-electron chi connectivity index (χ2n) is 3.51. The molecule has 0 bridgehead atoms. The summed E-state index contributed by atoms with van der Waals surface area (Å²) in [4.78, 5) is 0. The summed E-state index contributed by atoms with van der Waals surface area (Å²) in [5, 5.41) is 8.86. The van der Waals surface area contributed by atoms with Crippen molar-refractivity contribution in [2.75, 3.05) is 21.3 Å². The normalized spacial score (nSPS) is 10.7. The van der Waals surface area contributed by atoms with E-state index < -0.39 is 0 Å². The van der Waals surface area contributed by atoms with Crippen molar-refractivity contribution < 1.29 is 14.2 Å². The lowest BCUT2D eigenvalue weighted by molar-refractivity contribution is 0.324. The third-order valence-corrected chi connectivity index (χ3v) is 2.46. The van der Waals surface area contributed by atoms with Gasteiger partial charge in [-0.2, -0.15) is 5.26 Å². The fourth-order valence-corrected chi connectivity index (χ4v) is 1.59. The highest BCUT2D eigenvalue weighted by Crippen LogP contribution is 2.38. The first-order valence-corrected chi connectivity index (χ1v) is 5.29. The third-order valence-electron chi connectivity index (χ3n) is 2.46. The van der Waals surface area contributed by atoms with Crippen LogP contribution in [0.2, 0.25) is 0 Å². The van der Waals surface area contributed by atoms with Gasteiger partial charge in [0.15, 0.2) is 11.5 Å². The van der Waals surface area contributed by atoms with Gasteiger partial charge in [-0.1, -0.05) is 0 Å². The highest BCUT2D eigenvalue weighted by Gasteiger charge is 2.13. The van der Waals surface area contributed by atoms with Gasteiger partial charge < -0.3 is 19.9 Å². The van der Waals surface area contributed by atoms with Crippen LogP contribution in [0.1, 0.15) is 5.56 Å². The minimum atomic E-state index is 0.420. The summed E-state index contributed by atoms with van der Waals surface area (Å²) in [6.07, 6.45) is 1.72. The van der Waals surface area contributed by atoms with Crippen molar-refractivity contribution in [1.29, 1.82) is 5.26 Å². The second-order valence-corrected chi connectivity index (χ2v) is 3.51. The number of allylic oxidation sites excluding steroid dienone is 1. The summed E-state index contributed by atoms with van der Waals surface area (Å²) < 4.78 is 15.7. The molecule has 5 heteroatoms. The Kier molecular flexibility index (Phi) is 4.88.